The van der Waals surface area contributed by atoms with Crippen LogP contribution in [0.1, 0.15) is 31.2 Å². The molecule has 2 N–H and O–H groups in total. The molecule has 0 radical (unpaired) electrons. The second-order valence-corrected chi connectivity index (χ2v) is 5.53. The van der Waals surface area contributed by atoms with Crippen molar-refractivity contribution in [2.24, 2.45) is 0 Å². The molecule has 1 aromatic rings. The van der Waals surface area contributed by atoms with E-state index in [9.17, 15) is 4.79 Å². The van der Waals surface area contributed by atoms with Crippen LogP contribution >= 0.6 is 0 Å². The zero-order chi connectivity index (χ0) is 14.4. The Morgan fingerprint density at radius 1 is 1.35 bits per heavy atom. The van der Waals surface area contributed by atoms with Gasteiger partial charge in [0, 0.05) is 12.0 Å². The van der Waals surface area contributed by atoms with Gasteiger partial charge in [0.2, 0.25) is 5.91 Å². The quantitative estimate of drug-likeness (QED) is 0.833. The highest BCUT2D eigenvalue weighted by molar-refractivity contribution is 5.78. The van der Waals surface area contributed by atoms with Crippen molar-refractivity contribution in [2.45, 2.75) is 31.1 Å². The van der Waals surface area contributed by atoms with Gasteiger partial charge < -0.3 is 15.4 Å². The summed E-state index contributed by atoms with van der Waals surface area (Å²) >= 11 is 0. The Morgan fingerprint density at radius 2 is 2.10 bits per heavy atom. The van der Waals surface area contributed by atoms with Crippen LogP contribution in [0.25, 0.3) is 0 Å². The first-order valence-corrected chi connectivity index (χ1v) is 7.26. The van der Waals surface area contributed by atoms with E-state index in [0.717, 1.165) is 18.6 Å². The zero-order valence-electron chi connectivity index (χ0n) is 12.4. The summed E-state index contributed by atoms with van der Waals surface area (Å²) in [5, 5.41) is 5.94. The third-order valence-electron chi connectivity index (χ3n) is 4.20. The van der Waals surface area contributed by atoms with Crippen LogP contribution in [-0.2, 0) is 10.2 Å². The maximum atomic E-state index is 11.7. The molecule has 1 aliphatic rings. The highest BCUT2D eigenvalue weighted by Crippen LogP contribution is 2.41. The van der Waals surface area contributed by atoms with Gasteiger partial charge in [0.15, 0.2) is 0 Å². The highest BCUT2D eigenvalue weighted by Gasteiger charge is 2.36. The van der Waals surface area contributed by atoms with Crippen molar-refractivity contribution in [1.82, 2.24) is 10.6 Å². The van der Waals surface area contributed by atoms with E-state index in [2.05, 4.69) is 22.8 Å². The molecular weight excluding hydrogens is 252 g/mol. The molecule has 4 nitrogen and oxygen atoms in total. The van der Waals surface area contributed by atoms with Crippen LogP contribution in [0.4, 0.5) is 0 Å². The standard InChI is InChI=1S/C16H24N2O2/c1-17-11-15(19)18-12-16(8-3-4-9-16)13-6-5-7-14(10-13)20-2/h5-7,10,17H,3-4,8-9,11-12H2,1-2H3,(H,18,19). The number of hydrogen-bond acceptors (Lipinski definition) is 3. The second-order valence-electron chi connectivity index (χ2n) is 5.53. The van der Waals surface area contributed by atoms with Gasteiger partial charge in [-0.15, -0.1) is 0 Å². The van der Waals surface area contributed by atoms with Crippen molar-refractivity contribution in [2.75, 3.05) is 27.2 Å². The van der Waals surface area contributed by atoms with Crippen molar-refractivity contribution < 1.29 is 9.53 Å². The summed E-state index contributed by atoms with van der Waals surface area (Å²) in [6, 6.07) is 8.25. The van der Waals surface area contributed by atoms with Crippen LogP contribution in [0.3, 0.4) is 0 Å². The number of carbonyl (C=O) groups excluding carboxylic acids is 1. The summed E-state index contributed by atoms with van der Waals surface area (Å²) < 4.78 is 5.33. The van der Waals surface area contributed by atoms with Gasteiger partial charge in [0.1, 0.15) is 5.75 Å². The minimum absolute atomic E-state index is 0.0571. The molecule has 0 unspecified atom stereocenters. The van der Waals surface area contributed by atoms with Crippen LogP contribution in [0.5, 0.6) is 5.75 Å². The smallest absolute Gasteiger partial charge is 0.233 e. The summed E-state index contributed by atoms with van der Waals surface area (Å²) in [5.41, 5.74) is 1.34. The van der Waals surface area contributed by atoms with Crippen molar-refractivity contribution in [1.29, 1.82) is 0 Å². The van der Waals surface area contributed by atoms with Gasteiger partial charge in [0.05, 0.1) is 13.7 Å². The summed E-state index contributed by atoms with van der Waals surface area (Å²) in [5.74, 6) is 0.942. The number of nitrogens with one attached hydrogen (secondary N) is 2. The summed E-state index contributed by atoms with van der Waals surface area (Å²) in [4.78, 5) is 11.7. The highest BCUT2D eigenvalue weighted by atomic mass is 16.5. The zero-order valence-corrected chi connectivity index (χ0v) is 12.4. The maximum Gasteiger partial charge on any atom is 0.233 e. The molecule has 1 amide bonds. The van der Waals surface area contributed by atoms with Crippen LogP contribution in [0, 0.1) is 0 Å². The third-order valence-corrected chi connectivity index (χ3v) is 4.20. The van der Waals surface area contributed by atoms with E-state index < -0.39 is 0 Å². The molecule has 0 aromatic heterocycles. The fraction of sp³-hybridized carbons (Fsp3) is 0.562. The van der Waals surface area contributed by atoms with Gasteiger partial charge in [-0.25, -0.2) is 0 Å². The molecule has 0 spiro atoms. The molecule has 1 fully saturated rings. The first-order valence-electron chi connectivity index (χ1n) is 7.26. The molecule has 1 saturated carbocycles. The van der Waals surface area contributed by atoms with Gasteiger partial charge in [-0.05, 0) is 37.6 Å². The Kier molecular flexibility index (Phi) is 5.01. The third kappa shape index (κ3) is 3.31. The molecule has 20 heavy (non-hydrogen) atoms. The average Bonchev–Trinajstić information content (AvgIpc) is 2.96. The molecule has 1 aromatic carbocycles. The predicted octanol–water partition coefficient (Wildman–Crippen LogP) is 1.84. The molecule has 0 bridgehead atoms. The van der Waals surface area contributed by atoms with E-state index in [1.54, 1.807) is 14.2 Å². The minimum atomic E-state index is 0.0571. The van der Waals surface area contributed by atoms with E-state index in [1.165, 1.54) is 18.4 Å². The van der Waals surface area contributed by atoms with Crippen LogP contribution in [0.15, 0.2) is 24.3 Å². The number of likely N-dealkylation sites (N-methyl/N-ethyl adjacent to an activating group) is 1. The number of ether oxygens (including phenoxy) is 1. The molecule has 0 saturated heterocycles. The average molecular weight is 276 g/mol. The molecule has 1 aliphatic carbocycles. The Morgan fingerprint density at radius 3 is 2.75 bits per heavy atom. The van der Waals surface area contributed by atoms with E-state index >= 15 is 0 Å². The van der Waals surface area contributed by atoms with E-state index in [4.69, 9.17) is 4.74 Å². The Hall–Kier alpha value is -1.55. The first-order chi connectivity index (χ1) is 9.70. The number of amides is 1. The number of methoxy groups -OCH3 is 1. The van der Waals surface area contributed by atoms with E-state index in [-0.39, 0.29) is 11.3 Å². The number of carbonyl (C=O) groups is 1. The Bertz CT molecular complexity index is 454. The largest absolute Gasteiger partial charge is 0.497 e. The van der Waals surface area contributed by atoms with Gasteiger partial charge in [-0.2, -0.15) is 0 Å². The number of rotatable bonds is 6. The van der Waals surface area contributed by atoms with Crippen molar-refractivity contribution in [3.63, 3.8) is 0 Å². The lowest BCUT2D eigenvalue weighted by Gasteiger charge is -2.30. The van der Waals surface area contributed by atoms with Crippen LogP contribution in [0.2, 0.25) is 0 Å². The van der Waals surface area contributed by atoms with Crippen molar-refractivity contribution in [3.8, 4) is 5.75 Å². The Labute approximate surface area is 120 Å². The normalized spacial score (nSPS) is 16.9. The second kappa shape index (κ2) is 6.75. The van der Waals surface area contributed by atoms with Crippen LogP contribution < -0.4 is 15.4 Å². The molecular formula is C16H24N2O2. The van der Waals surface area contributed by atoms with Gasteiger partial charge >= 0.3 is 0 Å². The van der Waals surface area contributed by atoms with E-state index in [1.807, 2.05) is 12.1 Å². The molecule has 110 valence electrons. The minimum Gasteiger partial charge on any atom is -0.497 e. The predicted molar refractivity (Wildman–Crippen MR) is 80.1 cm³/mol. The Balaban J connectivity index is 2.14. The van der Waals surface area contributed by atoms with Crippen molar-refractivity contribution >= 4 is 5.91 Å². The molecule has 2 rings (SSSR count). The van der Waals surface area contributed by atoms with Crippen molar-refractivity contribution in [3.05, 3.63) is 29.8 Å². The van der Waals surface area contributed by atoms with Gasteiger partial charge in [-0.3, -0.25) is 4.79 Å². The summed E-state index contributed by atoms with van der Waals surface area (Å²) in [6.45, 7) is 1.08. The summed E-state index contributed by atoms with van der Waals surface area (Å²) in [6.07, 6.45) is 4.69. The topological polar surface area (TPSA) is 50.4 Å². The van der Waals surface area contributed by atoms with Gasteiger partial charge in [0.25, 0.3) is 0 Å². The monoisotopic (exact) mass is 276 g/mol. The summed E-state index contributed by atoms with van der Waals surface area (Å²) in [7, 11) is 3.47. The number of hydrogen-bond donors (Lipinski definition) is 2. The molecule has 0 atom stereocenters. The fourth-order valence-corrected chi connectivity index (χ4v) is 3.06. The molecule has 4 heteroatoms. The lowest BCUT2D eigenvalue weighted by Crippen LogP contribution is -2.41. The lowest BCUT2D eigenvalue weighted by atomic mass is 9.78. The fourth-order valence-electron chi connectivity index (χ4n) is 3.06. The molecule has 0 heterocycles. The van der Waals surface area contributed by atoms with Gasteiger partial charge in [-0.1, -0.05) is 25.0 Å². The maximum absolute atomic E-state index is 11.7. The lowest BCUT2D eigenvalue weighted by molar-refractivity contribution is -0.120. The number of benzene rings is 1. The van der Waals surface area contributed by atoms with E-state index in [0.29, 0.717) is 13.1 Å². The first kappa shape index (κ1) is 14.9. The SMILES string of the molecule is CNCC(=O)NCC1(c2cccc(OC)c2)CCCC1. The molecule has 0 aliphatic heterocycles. The van der Waals surface area contributed by atoms with Crippen LogP contribution in [-0.4, -0.2) is 33.2 Å².